The minimum atomic E-state index is -1.02. The van der Waals surface area contributed by atoms with Gasteiger partial charge in [0, 0.05) is 35.3 Å². The summed E-state index contributed by atoms with van der Waals surface area (Å²) in [5, 5.41) is 11.9. The molecule has 0 bridgehead atoms. The van der Waals surface area contributed by atoms with Gasteiger partial charge in [-0.25, -0.2) is 14.8 Å². The lowest BCUT2D eigenvalue weighted by atomic mass is 9.67. The zero-order chi connectivity index (χ0) is 29.7. The zero-order valence-electron chi connectivity index (χ0n) is 24.5. The highest BCUT2D eigenvalue weighted by atomic mass is 32.1. The smallest absolute Gasteiger partial charge is 0.337 e. The standard InChI is InChI=1S/C35H37N3O3S/c1-5-24(6-2)33(35(18-7-19-37-35)29-15-12-25(13-16-29)23(3)4)27-10-8-26(9-11-27)30-22-42-32(38-30)21-41-31-17-14-28(20-36-31)34(39)40/h7-20,22-24,33H,5-6,21H2,1-4H3,(H,39,40). The molecule has 0 saturated carbocycles. The van der Waals surface area contributed by atoms with E-state index in [0.717, 1.165) is 29.1 Å². The third-order valence-electron chi connectivity index (χ3n) is 8.20. The first kappa shape index (κ1) is 29.4. The molecule has 0 aliphatic carbocycles. The summed E-state index contributed by atoms with van der Waals surface area (Å²) in [5.74, 6) is 0.492. The second kappa shape index (κ2) is 12.8. The number of rotatable bonds is 12. The molecule has 2 aromatic heterocycles. The van der Waals surface area contributed by atoms with Crippen LogP contribution in [0.2, 0.25) is 0 Å². The first-order chi connectivity index (χ1) is 20.3. The molecule has 0 saturated heterocycles. The van der Waals surface area contributed by atoms with Gasteiger partial charge < -0.3 is 9.84 Å². The Labute approximate surface area is 251 Å². The molecule has 0 amide bonds. The monoisotopic (exact) mass is 579 g/mol. The third-order valence-corrected chi connectivity index (χ3v) is 9.03. The fraction of sp³-hybridized carbons (Fsp3) is 0.314. The Morgan fingerprint density at radius 1 is 0.976 bits per heavy atom. The van der Waals surface area contributed by atoms with Crippen LogP contribution in [-0.4, -0.2) is 27.3 Å². The van der Waals surface area contributed by atoms with Crippen LogP contribution in [-0.2, 0) is 12.1 Å². The summed E-state index contributed by atoms with van der Waals surface area (Å²) >= 11 is 1.53. The van der Waals surface area contributed by atoms with E-state index in [2.05, 4.69) is 93.4 Å². The number of hydrogen-bond acceptors (Lipinski definition) is 6. The molecule has 7 heteroatoms. The Bertz CT molecular complexity index is 1540. The second-order valence-electron chi connectivity index (χ2n) is 11.0. The van der Waals surface area contributed by atoms with Gasteiger partial charge in [-0.2, -0.15) is 0 Å². The van der Waals surface area contributed by atoms with Crippen molar-refractivity contribution < 1.29 is 14.6 Å². The summed E-state index contributed by atoms with van der Waals surface area (Å²) in [6.45, 7) is 9.28. The fourth-order valence-corrected chi connectivity index (χ4v) is 6.53. The first-order valence-corrected chi connectivity index (χ1v) is 15.4. The Kier molecular flexibility index (Phi) is 8.97. The number of aromatic nitrogens is 2. The number of nitrogens with zero attached hydrogens (tertiary/aromatic N) is 3. The molecule has 2 aromatic carbocycles. The van der Waals surface area contributed by atoms with Crippen molar-refractivity contribution in [2.24, 2.45) is 10.9 Å². The lowest BCUT2D eigenvalue weighted by Crippen LogP contribution is -2.33. The van der Waals surface area contributed by atoms with Crippen molar-refractivity contribution >= 4 is 23.5 Å². The van der Waals surface area contributed by atoms with Gasteiger partial charge in [-0.3, -0.25) is 4.99 Å². The van der Waals surface area contributed by atoms with Gasteiger partial charge in [-0.15, -0.1) is 11.3 Å². The summed E-state index contributed by atoms with van der Waals surface area (Å²) in [6.07, 6.45) is 9.76. The first-order valence-electron chi connectivity index (χ1n) is 14.5. The van der Waals surface area contributed by atoms with Crippen molar-refractivity contribution in [3.63, 3.8) is 0 Å². The highest BCUT2D eigenvalue weighted by molar-refractivity contribution is 7.09. The van der Waals surface area contributed by atoms with Gasteiger partial charge in [0.25, 0.3) is 0 Å². The van der Waals surface area contributed by atoms with Gasteiger partial charge >= 0.3 is 5.97 Å². The topological polar surface area (TPSA) is 84.7 Å². The molecule has 0 radical (unpaired) electrons. The molecular weight excluding hydrogens is 542 g/mol. The van der Waals surface area contributed by atoms with Crippen molar-refractivity contribution in [1.29, 1.82) is 0 Å². The molecule has 42 heavy (non-hydrogen) atoms. The van der Waals surface area contributed by atoms with E-state index >= 15 is 0 Å². The van der Waals surface area contributed by atoms with Crippen LogP contribution in [0.15, 0.2) is 89.4 Å². The number of carboxylic acid groups (broad SMARTS) is 1. The van der Waals surface area contributed by atoms with Gasteiger partial charge in [0.15, 0.2) is 0 Å². The van der Waals surface area contributed by atoms with Crippen LogP contribution in [0.3, 0.4) is 0 Å². The average Bonchev–Trinajstić information content (AvgIpc) is 3.70. The van der Waals surface area contributed by atoms with Gasteiger partial charge in [-0.05, 0) is 40.7 Å². The predicted octanol–water partition coefficient (Wildman–Crippen LogP) is 8.66. The molecule has 1 aliphatic rings. The lowest BCUT2D eigenvalue weighted by molar-refractivity contribution is 0.0696. The summed E-state index contributed by atoms with van der Waals surface area (Å²) in [7, 11) is 0. The van der Waals surface area contributed by atoms with Gasteiger partial charge in [0.2, 0.25) is 5.88 Å². The summed E-state index contributed by atoms with van der Waals surface area (Å²) < 4.78 is 5.73. The molecule has 1 N–H and O–H groups in total. The highest BCUT2D eigenvalue weighted by Gasteiger charge is 2.43. The largest absolute Gasteiger partial charge is 0.478 e. The zero-order valence-corrected chi connectivity index (χ0v) is 25.3. The number of carbonyl (C=O) groups is 1. The fourth-order valence-electron chi connectivity index (χ4n) is 5.81. The lowest BCUT2D eigenvalue weighted by Gasteiger charge is -2.39. The molecule has 5 rings (SSSR count). The second-order valence-corrected chi connectivity index (χ2v) is 12.0. The maximum Gasteiger partial charge on any atom is 0.337 e. The van der Waals surface area contributed by atoms with Crippen molar-refractivity contribution in [2.75, 3.05) is 0 Å². The molecule has 6 nitrogen and oxygen atoms in total. The van der Waals surface area contributed by atoms with Crippen LogP contribution >= 0.6 is 11.3 Å². The van der Waals surface area contributed by atoms with E-state index in [0.29, 0.717) is 17.7 Å². The number of ether oxygens (including phenoxy) is 1. The number of aromatic carboxylic acids is 1. The Hall–Kier alpha value is -4.10. The molecule has 216 valence electrons. The number of hydrogen-bond donors (Lipinski definition) is 1. The summed E-state index contributed by atoms with van der Waals surface area (Å²) in [6, 6.07) is 20.9. The number of aliphatic imine (C=N–C) groups is 1. The van der Waals surface area contributed by atoms with Gasteiger partial charge in [0.1, 0.15) is 17.2 Å². The van der Waals surface area contributed by atoms with Crippen LogP contribution in [0, 0.1) is 5.92 Å². The number of thiazole rings is 1. The molecule has 4 aromatic rings. The number of pyridine rings is 1. The normalized spacial score (nSPS) is 16.8. The van der Waals surface area contributed by atoms with Crippen molar-refractivity contribution in [2.45, 2.75) is 64.5 Å². The number of carboxylic acids is 1. The highest BCUT2D eigenvalue weighted by Crippen LogP contribution is 2.49. The van der Waals surface area contributed by atoms with E-state index in [9.17, 15) is 4.79 Å². The van der Waals surface area contributed by atoms with Gasteiger partial charge in [0.05, 0.1) is 11.3 Å². The maximum atomic E-state index is 11.0. The van der Waals surface area contributed by atoms with Crippen LogP contribution in [0.1, 0.15) is 84.4 Å². The number of benzene rings is 2. The SMILES string of the molecule is CCC(CC)C(c1ccc(-c2csc(COc3ccc(C(=O)O)cn3)n2)cc1)C1(c2ccc(C(C)C)cc2)C=CC=N1. The minimum Gasteiger partial charge on any atom is -0.478 e. The Morgan fingerprint density at radius 2 is 1.69 bits per heavy atom. The molecule has 0 fully saturated rings. The van der Waals surface area contributed by atoms with Crippen LogP contribution in [0.5, 0.6) is 5.88 Å². The predicted molar refractivity (Wildman–Crippen MR) is 170 cm³/mol. The minimum absolute atomic E-state index is 0.125. The molecule has 0 spiro atoms. The molecule has 1 aliphatic heterocycles. The average molecular weight is 580 g/mol. The van der Waals surface area contributed by atoms with Gasteiger partial charge in [-0.1, -0.05) is 95.1 Å². The van der Waals surface area contributed by atoms with Crippen molar-refractivity contribution in [3.05, 3.63) is 112 Å². The molecular formula is C35H37N3O3S. The third kappa shape index (κ3) is 6.07. The van der Waals surface area contributed by atoms with Crippen LogP contribution in [0.25, 0.3) is 11.3 Å². The van der Waals surface area contributed by atoms with E-state index in [4.69, 9.17) is 19.8 Å². The van der Waals surface area contributed by atoms with E-state index in [1.54, 1.807) is 6.07 Å². The summed E-state index contributed by atoms with van der Waals surface area (Å²) in [5.41, 5.74) is 5.48. The van der Waals surface area contributed by atoms with E-state index < -0.39 is 11.5 Å². The van der Waals surface area contributed by atoms with E-state index in [-0.39, 0.29) is 18.1 Å². The Morgan fingerprint density at radius 3 is 2.26 bits per heavy atom. The van der Waals surface area contributed by atoms with Crippen LogP contribution in [0.4, 0.5) is 0 Å². The molecule has 2 unspecified atom stereocenters. The maximum absolute atomic E-state index is 11.0. The van der Waals surface area contributed by atoms with Crippen molar-refractivity contribution in [3.8, 4) is 17.1 Å². The van der Waals surface area contributed by atoms with E-state index in [1.807, 2.05) is 11.6 Å². The summed E-state index contributed by atoms with van der Waals surface area (Å²) in [4.78, 5) is 25.0. The van der Waals surface area contributed by atoms with Crippen molar-refractivity contribution in [1.82, 2.24) is 9.97 Å². The molecule has 3 heterocycles. The molecule has 2 atom stereocenters. The van der Waals surface area contributed by atoms with E-state index in [1.165, 1.54) is 40.3 Å². The quantitative estimate of drug-likeness (QED) is 0.182. The van der Waals surface area contributed by atoms with Crippen LogP contribution < -0.4 is 4.74 Å². The number of allylic oxidation sites excluding steroid dienone is 1. The Balaban J connectivity index is 1.38.